The van der Waals surface area contributed by atoms with Gasteiger partial charge in [-0.05, 0) is 31.8 Å². The van der Waals surface area contributed by atoms with Gasteiger partial charge in [0.1, 0.15) is 5.02 Å². The summed E-state index contributed by atoms with van der Waals surface area (Å²) < 4.78 is 1.37. The average Bonchev–Trinajstić information content (AvgIpc) is 2.48. The predicted molar refractivity (Wildman–Crippen MR) is 83.6 cm³/mol. The number of nitrogens with one attached hydrogen (secondary N) is 1. The number of anilines is 1. The maximum absolute atomic E-state index is 12.1. The van der Waals surface area contributed by atoms with Crippen LogP contribution in [0.5, 0.6) is 0 Å². The van der Waals surface area contributed by atoms with Crippen LogP contribution in [-0.2, 0) is 13.1 Å². The molecule has 21 heavy (non-hydrogen) atoms. The first-order valence-corrected chi connectivity index (χ1v) is 6.99. The Bertz CT molecular complexity index is 642. The lowest BCUT2D eigenvalue weighted by Gasteiger charge is -2.12. The van der Waals surface area contributed by atoms with Crippen LogP contribution in [0.2, 0.25) is 5.02 Å². The largest absolute Gasteiger partial charge is 0.378 e. The van der Waals surface area contributed by atoms with E-state index < -0.39 is 0 Å². The molecular weight excluding hydrogens is 290 g/mol. The van der Waals surface area contributed by atoms with Crippen molar-refractivity contribution in [3.05, 3.63) is 51.7 Å². The summed E-state index contributed by atoms with van der Waals surface area (Å²) in [6.45, 7) is 1.80. The second-order valence-electron chi connectivity index (χ2n) is 4.91. The Morgan fingerprint density at radius 2 is 2.05 bits per heavy atom. The number of likely N-dealkylation sites (N-methyl/N-ethyl adjacent to an activating group) is 1. The van der Waals surface area contributed by atoms with Crippen LogP contribution < -0.4 is 10.9 Å². The highest BCUT2D eigenvalue weighted by molar-refractivity contribution is 6.32. The number of hydrogen-bond acceptors (Lipinski definition) is 5. The second kappa shape index (κ2) is 7.19. The van der Waals surface area contributed by atoms with E-state index in [1.54, 1.807) is 18.6 Å². The van der Waals surface area contributed by atoms with Gasteiger partial charge in [-0.25, -0.2) is 4.68 Å². The molecule has 0 atom stereocenters. The smallest absolute Gasteiger partial charge is 0.287 e. The Kier molecular flexibility index (Phi) is 5.30. The summed E-state index contributed by atoms with van der Waals surface area (Å²) in [6.07, 6.45) is 5.02. The molecule has 6 nitrogen and oxygen atoms in total. The van der Waals surface area contributed by atoms with Gasteiger partial charge in [0.05, 0.1) is 18.4 Å². The number of aromatic nitrogens is 3. The van der Waals surface area contributed by atoms with Crippen molar-refractivity contribution < 1.29 is 0 Å². The van der Waals surface area contributed by atoms with Crippen LogP contribution in [0.4, 0.5) is 5.69 Å². The molecule has 1 N–H and O–H groups in total. The van der Waals surface area contributed by atoms with Crippen LogP contribution in [-0.4, -0.2) is 40.3 Å². The topological polar surface area (TPSA) is 63.1 Å². The van der Waals surface area contributed by atoms with E-state index in [1.807, 2.05) is 31.1 Å². The van der Waals surface area contributed by atoms with E-state index in [9.17, 15) is 4.79 Å². The van der Waals surface area contributed by atoms with E-state index in [0.29, 0.717) is 18.8 Å². The molecule has 0 bridgehead atoms. The molecule has 0 amide bonds. The highest BCUT2D eigenvalue weighted by atomic mass is 35.5. The number of halogens is 1. The first-order chi connectivity index (χ1) is 10.1. The number of hydrogen-bond donors (Lipinski definition) is 1. The van der Waals surface area contributed by atoms with Crippen molar-refractivity contribution in [3.8, 4) is 0 Å². The van der Waals surface area contributed by atoms with Crippen molar-refractivity contribution in [3.63, 3.8) is 0 Å². The van der Waals surface area contributed by atoms with Crippen LogP contribution >= 0.6 is 11.6 Å². The zero-order valence-corrected chi connectivity index (χ0v) is 12.8. The molecule has 2 heterocycles. The fourth-order valence-electron chi connectivity index (χ4n) is 1.74. The van der Waals surface area contributed by atoms with Gasteiger partial charge in [0.15, 0.2) is 0 Å². The van der Waals surface area contributed by atoms with E-state index >= 15 is 0 Å². The highest BCUT2D eigenvalue weighted by Crippen LogP contribution is 2.16. The molecule has 0 spiro atoms. The normalized spacial score (nSPS) is 10.9. The Morgan fingerprint density at radius 3 is 2.71 bits per heavy atom. The van der Waals surface area contributed by atoms with Crippen molar-refractivity contribution in [2.75, 3.05) is 26.0 Å². The summed E-state index contributed by atoms with van der Waals surface area (Å²) in [5.74, 6) is 0. The second-order valence-corrected chi connectivity index (χ2v) is 5.29. The van der Waals surface area contributed by atoms with E-state index in [2.05, 4.69) is 15.4 Å². The molecule has 7 heteroatoms. The molecule has 2 aromatic rings. The van der Waals surface area contributed by atoms with Crippen LogP contribution in [0.3, 0.4) is 0 Å². The fourth-order valence-corrected chi connectivity index (χ4v) is 1.95. The molecule has 0 unspecified atom stereocenters. The SMILES string of the molecule is CN(C)CCn1ncc(NCc2ccncc2)c(Cl)c1=O. The average molecular weight is 308 g/mol. The fraction of sp³-hybridized carbons (Fsp3) is 0.357. The lowest BCUT2D eigenvalue weighted by molar-refractivity contribution is 0.367. The number of nitrogens with zero attached hydrogens (tertiary/aromatic N) is 4. The lowest BCUT2D eigenvalue weighted by atomic mass is 10.2. The first kappa shape index (κ1) is 15.5. The van der Waals surface area contributed by atoms with Gasteiger partial charge in [-0.3, -0.25) is 9.78 Å². The molecule has 0 aliphatic carbocycles. The Hall–Kier alpha value is -1.92. The van der Waals surface area contributed by atoms with Crippen molar-refractivity contribution in [2.45, 2.75) is 13.1 Å². The van der Waals surface area contributed by atoms with Gasteiger partial charge in [-0.2, -0.15) is 5.10 Å². The molecule has 2 rings (SSSR count). The Morgan fingerprint density at radius 1 is 1.33 bits per heavy atom. The summed E-state index contributed by atoms with van der Waals surface area (Å²) in [5.41, 5.74) is 1.32. The first-order valence-electron chi connectivity index (χ1n) is 6.61. The van der Waals surface area contributed by atoms with Crippen molar-refractivity contribution in [2.24, 2.45) is 0 Å². The molecule has 0 aliphatic heterocycles. The van der Waals surface area contributed by atoms with Gasteiger partial charge < -0.3 is 10.2 Å². The summed E-state index contributed by atoms with van der Waals surface area (Å²) in [7, 11) is 3.88. The summed E-state index contributed by atoms with van der Waals surface area (Å²) in [6, 6.07) is 3.79. The molecule has 0 saturated carbocycles. The summed E-state index contributed by atoms with van der Waals surface area (Å²) in [5, 5.41) is 7.42. The van der Waals surface area contributed by atoms with Crippen LogP contribution in [0, 0.1) is 0 Å². The monoisotopic (exact) mass is 307 g/mol. The Labute approximate surface area is 128 Å². The van der Waals surface area contributed by atoms with Crippen molar-refractivity contribution in [1.82, 2.24) is 19.7 Å². The van der Waals surface area contributed by atoms with E-state index in [0.717, 1.165) is 12.1 Å². The third-order valence-corrected chi connectivity index (χ3v) is 3.34. The zero-order valence-electron chi connectivity index (χ0n) is 12.1. The number of pyridine rings is 1. The van der Waals surface area contributed by atoms with E-state index in [4.69, 9.17) is 11.6 Å². The van der Waals surface area contributed by atoms with Crippen LogP contribution in [0.15, 0.2) is 35.5 Å². The molecule has 2 aromatic heterocycles. The highest BCUT2D eigenvalue weighted by Gasteiger charge is 2.09. The maximum atomic E-state index is 12.1. The maximum Gasteiger partial charge on any atom is 0.287 e. The van der Waals surface area contributed by atoms with Crippen LogP contribution in [0.1, 0.15) is 5.56 Å². The van der Waals surface area contributed by atoms with Gasteiger partial charge in [-0.1, -0.05) is 11.6 Å². The molecular formula is C14H18ClN5O. The summed E-state index contributed by atoms with van der Waals surface area (Å²) >= 11 is 6.12. The van der Waals surface area contributed by atoms with Gasteiger partial charge >= 0.3 is 0 Å². The zero-order chi connectivity index (χ0) is 15.2. The third-order valence-electron chi connectivity index (χ3n) is 2.98. The minimum Gasteiger partial charge on any atom is -0.378 e. The van der Waals surface area contributed by atoms with Gasteiger partial charge in [0, 0.05) is 25.5 Å². The Balaban J connectivity index is 2.08. The predicted octanol–water partition coefficient (Wildman–Crippen LogP) is 1.47. The molecule has 0 aromatic carbocycles. The minimum absolute atomic E-state index is 0.165. The molecule has 112 valence electrons. The quantitative estimate of drug-likeness (QED) is 0.875. The van der Waals surface area contributed by atoms with Gasteiger partial charge in [0.2, 0.25) is 0 Å². The van der Waals surface area contributed by atoms with Crippen molar-refractivity contribution >= 4 is 17.3 Å². The molecule has 0 radical (unpaired) electrons. The van der Waals surface area contributed by atoms with E-state index in [-0.39, 0.29) is 10.6 Å². The van der Waals surface area contributed by atoms with Gasteiger partial charge in [0.25, 0.3) is 5.56 Å². The third kappa shape index (κ3) is 4.27. The van der Waals surface area contributed by atoms with Crippen LogP contribution in [0.25, 0.3) is 0 Å². The van der Waals surface area contributed by atoms with Gasteiger partial charge in [-0.15, -0.1) is 0 Å². The standard InChI is InChI=1S/C14H18ClN5O/c1-19(2)7-8-20-14(21)13(15)12(10-18-20)17-9-11-3-5-16-6-4-11/h3-6,10,17H,7-9H2,1-2H3. The number of rotatable bonds is 6. The lowest BCUT2D eigenvalue weighted by Crippen LogP contribution is -2.29. The molecule has 0 aliphatic rings. The molecule has 0 fully saturated rings. The summed E-state index contributed by atoms with van der Waals surface area (Å²) in [4.78, 5) is 18.1. The minimum atomic E-state index is -0.279. The molecule has 0 saturated heterocycles. The van der Waals surface area contributed by atoms with E-state index in [1.165, 1.54) is 4.68 Å². The van der Waals surface area contributed by atoms with Crippen molar-refractivity contribution in [1.29, 1.82) is 0 Å².